The molecule has 2 aliphatic rings. The van der Waals surface area contributed by atoms with Crippen molar-refractivity contribution in [2.75, 3.05) is 50.0 Å². The number of carbonyl (C=O) groups excluding carboxylic acids is 1. The molecular weight excluding hydrogens is 542 g/mol. The van der Waals surface area contributed by atoms with Gasteiger partial charge in [0, 0.05) is 48.9 Å². The Bertz CT molecular complexity index is 1550. The second kappa shape index (κ2) is 13.8. The third-order valence-corrected chi connectivity index (χ3v) is 8.06. The topological polar surface area (TPSA) is 114 Å². The lowest BCUT2D eigenvalue weighted by molar-refractivity contribution is 0.0398. The van der Waals surface area contributed by atoms with Crippen molar-refractivity contribution in [1.29, 1.82) is 0 Å². The molecule has 2 aromatic heterocycles. The van der Waals surface area contributed by atoms with E-state index in [1.54, 1.807) is 18.6 Å². The van der Waals surface area contributed by atoms with Gasteiger partial charge in [-0.15, -0.1) is 0 Å². The smallest absolute Gasteiger partial charge is 0.251 e. The number of amides is 1. The number of anilines is 3. The normalized spacial score (nSPS) is 16.1. The number of morpholine rings is 1. The first-order chi connectivity index (χ1) is 21.1. The molecule has 10 nitrogen and oxygen atoms in total. The molecule has 1 amide bonds. The molecule has 1 saturated heterocycles. The van der Waals surface area contributed by atoms with E-state index in [1.165, 1.54) is 19.3 Å². The van der Waals surface area contributed by atoms with Crippen LogP contribution in [0, 0.1) is 6.92 Å². The lowest BCUT2D eigenvalue weighted by Gasteiger charge is -2.26. The molecule has 6 rings (SSSR count). The largest absolute Gasteiger partial charge is 0.457 e. The molecule has 3 heterocycles. The van der Waals surface area contributed by atoms with Gasteiger partial charge in [-0.2, -0.15) is 0 Å². The van der Waals surface area contributed by atoms with E-state index in [9.17, 15) is 4.79 Å². The van der Waals surface area contributed by atoms with Gasteiger partial charge < -0.3 is 25.4 Å². The Morgan fingerprint density at radius 1 is 1.02 bits per heavy atom. The molecule has 0 bridgehead atoms. The molecule has 0 radical (unpaired) electrons. The Morgan fingerprint density at radius 3 is 2.72 bits per heavy atom. The third kappa shape index (κ3) is 7.57. The minimum Gasteiger partial charge on any atom is -0.457 e. The van der Waals surface area contributed by atoms with Crippen LogP contribution >= 0.6 is 0 Å². The molecule has 2 fully saturated rings. The summed E-state index contributed by atoms with van der Waals surface area (Å²) >= 11 is 0. The van der Waals surface area contributed by atoms with Gasteiger partial charge >= 0.3 is 0 Å². The highest BCUT2D eigenvalue weighted by atomic mass is 16.5. The van der Waals surface area contributed by atoms with Crippen molar-refractivity contribution in [2.24, 2.45) is 0 Å². The molecule has 4 aromatic rings. The summed E-state index contributed by atoms with van der Waals surface area (Å²) in [5.41, 5.74) is 3.20. The molecule has 224 valence electrons. The van der Waals surface area contributed by atoms with Crippen molar-refractivity contribution in [2.45, 2.75) is 45.1 Å². The minimum atomic E-state index is -0.0450. The van der Waals surface area contributed by atoms with E-state index in [0.717, 1.165) is 86.0 Å². The van der Waals surface area contributed by atoms with E-state index in [-0.39, 0.29) is 11.9 Å². The maximum Gasteiger partial charge on any atom is 0.251 e. The average Bonchev–Trinajstić information content (AvgIpc) is 3.04. The summed E-state index contributed by atoms with van der Waals surface area (Å²) in [5.74, 6) is 2.79. The van der Waals surface area contributed by atoms with Crippen molar-refractivity contribution < 1.29 is 14.3 Å². The lowest BCUT2D eigenvalue weighted by atomic mass is 9.95. The summed E-state index contributed by atoms with van der Waals surface area (Å²) in [6, 6.07) is 15.5. The van der Waals surface area contributed by atoms with Gasteiger partial charge in [-0.1, -0.05) is 25.3 Å². The molecule has 2 aromatic carbocycles. The first kappa shape index (κ1) is 28.8. The number of aryl methyl sites for hydroxylation is 1. The molecule has 1 saturated carbocycles. The van der Waals surface area contributed by atoms with Gasteiger partial charge in [0.05, 0.1) is 24.9 Å². The molecule has 10 heteroatoms. The lowest BCUT2D eigenvalue weighted by Crippen LogP contribution is -2.39. The number of nitrogens with one attached hydrogen (secondary N) is 3. The van der Waals surface area contributed by atoms with E-state index in [2.05, 4.69) is 35.8 Å². The number of aromatic nitrogens is 3. The fraction of sp³-hybridized carbons (Fsp3) is 0.394. The fourth-order valence-corrected chi connectivity index (χ4v) is 5.64. The SMILES string of the molecule is Cc1cc(Nc2ncnc3cnc(NCCN4CCOCC4)cc23)ccc1Oc1cccc(C(=O)NC2CCCCC2)c1. The zero-order valence-electron chi connectivity index (χ0n) is 24.6. The number of hydrogen-bond donors (Lipinski definition) is 3. The van der Waals surface area contributed by atoms with Crippen molar-refractivity contribution in [3.63, 3.8) is 0 Å². The van der Waals surface area contributed by atoms with Crippen molar-refractivity contribution in [3.8, 4) is 11.5 Å². The molecule has 1 aliphatic heterocycles. The number of nitrogens with zero attached hydrogens (tertiary/aromatic N) is 4. The highest BCUT2D eigenvalue weighted by Crippen LogP contribution is 2.30. The van der Waals surface area contributed by atoms with Crippen molar-refractivity contribution in [3.05, 3.63) is 72.2 Å². The van der Waals surface area contributed by atoms with E-state index in [0.29, 0.717) is 17.1 Å². The Hall–Kier alpha value is -4.28. The zero-order chi connectivity index (χ0) is 29.4. The van der Waals surface area contributed by atoms with Gasteiger partial charge in [-0.3, -0.25) is 9.69 Å². The Kier molecular flexibility index (Phi) is 9.25. The summed E-state index contributed by atoms with van der Waals surface area (Å²) in [7, 11) is 0. The summed E-state index contributed by atoms with van der Waals surface area (Å²) in [6.45, 7) is 7.23. The van der Waals surface area contributed by atoms with Crippen LogP contribution in [0.5, 0.6) is 11.5 Å². The Labute approximate surface area is 252 Å². The summed E-state index contributed by atoms with van der Waals surface area (Å²) in [5, 5.41) is 10.9. The van der Waals surface area contributed by atoms with E-state index in [4.69, 9.17) is 9.47 Å². The van der Waals surface area contributed by atoms with Crippen LogP contribution in [0.15, 0.2) is 61.1 Å². The molecule has 43 heavy (non-hydrogen) atoms. The molecule has 0 atom stereocenters. The van der Waals surface area contributed by atoms with Crippen LogP contribution in [0.1, 0.15) is 48.0 Å². The molecule has 0 spiro atoms. The monoisotopic (exact) mass is 581 g/mol. The summed E-state index contributed by atoms with van der Waals surface area (Å²) in [6.07, 6.45) is 9.02. The predicted octanol–water partition coefficient (Wildman–Crippen LogP) is 5.68. The maximum absolute atomic E-state index is 12.8. The maximum atomic E-state index is 12.8. The van der Waals surface area contributed by atoms with E-state index < -0.39 is 0 Å². The zero-order valence-corrected chi connectivity index (χ0v) is 24.6. The number of benzene rings is 2. The number of pyridine rings is 1. The van der Waals surface area contributed by atoms with Crippen molar-refractivity contribution >= 4 is 34.1 Å². The van der Waals surface area contributed by atoms with Crippen LogP contribution in [0.4, 0.5) is 17.3 Å². The first-order valence-corrected chi connectivity index (χ1v) is 15.2. The predicted molar refractivity (Wildman–Crippen MR) is 168 cm³/mol. The van der Waals surface area contributed by atoms with Crippen LogP contribution in [-0.4, -0.2) is 71.2 Å². The van der Waals surface area contributed by atoms with E-state index >= 15 is 0 Å². The second-order valence-electron chi connectivity index (χ2n) is 11.2. The molecule has 3 N–H and O–H groups in total. The first-order valence-electron chi connectivity index (χ1n) is 15.2. The number of hydrogen-bond acceptors (Lipinski definition) is 9. The standard InChI is InChI=1S/C33H39N7O3/c1-23-18-26(10-11-30(23)43-27-9-5-6-24(19-27)33(41)39-25-7-3-2-4-8-25)38-32-28-20-31(35-21-29(28)36-22-37-32)34-12-13-40-14-16-42-17-15-40/h5-6,9-11,18-22,25H,2-4,7-8,12-17H2,1H3,(H,34,35)(H,39,41)(H,36,37,38). The highest BCUT2D eigenvalue weighted by molar-refractivity contribution is 5.95. The van der Waals surface area contributed by atoms with E-state index in [1.807, 2.05) is 49.4 Å². The molecule has 1 aliphatic carbocycles. The quantitative estimate of drug-likeness (QED) is 0.218. The van der Waals surface area contributed by atoms with Crippen LogP contribution in [0.25, 0.3) is 10.9 Å². The van der Waals surface area contributed by atoms with Gasteiger partial charge in [0.2, 0.25) is 0 Å². The van der Waals surface area contributed by atoms with Gasteiger partial charge in [0.15, 0.2) is 0 Å². The highest BCUT2D eigenvalue weighted by Gasteiger charge is 2.17. The van der Waals surface area contributed by atoms with Crippen LogP contribution < -0.4 is 20.7 Å². The molecule has 0 unspecified atom stereocenters. The van der Waals surface area contributed by atoms with Gasteiger partial charge in [0.1, 0.15) is 29.5 Å². The minimum absolute atomic E-state index is 0.0450. The number of carbonyl (C=O) groups is 1. The van der Waals surface area contributed by atoms with Crippen LogP contribution in [0.2, 0.25) is 0 Å². The van der Waals surface area contributed by atoms with Crippen molar-refractivity contribution in [1.82, 2.24) is 25.2 Å². The van der Waals surface area contributed by atoms with Crippen LogP contribution in [-0.2, 0) is 4.74 Å². The Balaban J connectivity index is 1.10. The summed E-state index contributed by atoms with van der Waals surface area (Å²) in [4.78, 5) is 28.7. The third-order valence-electron chi connectivity index (χ3n) is 8.06. The molecular formula is C33H39N7O3. The van der Waals surface area contributed by atoms with Gasteiger partial charge in [-0.05, 0) is 67.8 Å². The van der Waals surface area contributed by atoms with Gasteiger partial charge in [-0.25, -0.2) is 15.0 Å². The number of fused-ring (bicyclic) bond motifs is 1. The number of rotatable bonds is 10. The average molecular weight is 582 g/mol. The van der Waals surface area contributed by atoms with Crippen LogP contribution in [0.3, 0.4) is 0 Å². The Morgan fingerprint density at radius 2 is 1.88 bits per heavy atom. The summed E-state index contributed by atoms with van der Waals surface area (Å²) < 4.78 is 11.6. The second-order valence-corrected chi connectivity index (χ2v) is 11.2. The number of ether oxygens (including phenoxy) is 2. The van der Waals surface area contributed by atoms with Gasteiger partial charge in [0.25, 0.3) is 5.91 Å². The fourth-order valence-electron chi connectivity index (χ4n) is 5.64.